The Morgan fingerprint density at radius 2 is 1.54 bits per heavy atom. The van der Waals surface area contributed by atoms with Gasteiger partial charge >= 0.3 is 6.18 Å². The Morgan fingerprint density at radius 1 is 0.898 bits per heavy atom. The first-order valence-corrected chi connectivity index (χ1v) is 18.9. The van der Waals surface area contributed by atoms with E-state index in [0.29, 0.717) is 22.2 Å². The van der Waals surface area contributed by atoms with E-state index in [-0.39, 0.29) is 46.4 Å². The molecule has 4 aromatic rings. The van der Waals surface area contributed by atoms with Gasteiger partial charge in [-0.2, -0.15) is 23.2 Å². The van der Waals surface area contributed by atoms with Gasteiger partial charge in [-0.3, -0.25) is 29.6 Å². The molecule has 1 aromatic heterocycles. The summed E-state index contributed by atoms with van der Waals surface area (Å²) in [6.45, 7) is 0. The minimum Gasteiger partial charge on any atom is -0.508 e. The van der Waals surface area contributed by atoms with Crippen LogP contribution < -0.4 is 19.9 Å². The van der Waals surface area contributed by atoms with Crippen molar-refractivity contribution in [2.45, 2.75) is 30.4 Å². The zero-order valence-corrected chi connectivity index (χ0v) is 32.8. The molecular formula is C41H33Cl2F4N5O7. The summed E-state index contributed by atoms with van der Waals surface area (Å²) in [7, 11) is 3.90. The summed E-state index contributed by atoms with van der Waals surface area (Å²) in [6, 6.07) is 15.7. The maximum atomic E-state index is 15.5. The van der Waals surface area contributed by atoms with Crippen LogP contribution in [0.4, 0.5) is 29.1 Å². The fourth-order valence-corrected chi connectivity index (χ4v) is 9.72. The van der Waals surface area contributed by atoms with Crippen LogP contribution in [0.1, 0.15) is 35.6 Å². The smallest absolute Gasteiger partial charge is 0.433 e. The number of carbonyl (C=O) groups is 4. The van der Waals surface area contributed by atoms with E-state index >= 15 is 4.79 Å². The number of aromatic nitrogens is 1. The Hall–Kier alpha value is -5.87. The zero-order valence-electron chi connectivity index (χ0n) is 31.3. The number of anilines is 2. The number of carbonyl (C=O) groups excluding carboxylic acids is 4. The largest absolute Gasteiger partial charge is 0.508 e. The summed E-state index contributed by atoms with van der Waals surface area (Å²) in [5.74, 6) is -9.63. The molecule has 0 spiro atoms. The first kappa shape index (κ1) is 39.9. The van der Waals surface area contributed by atoms with Gasteiger partial charge in [-0.15, -0.1) is 0 Å². The Morgan fingerprint density at radius 3 is 2.15 bits per heavy atom. The third-order valence-corrected chi connectivity index (χ3v) is 12.3. The molecule has 2 N–H and O–H groups in total. The molecule has 1 saturated carbocycles. The van der Waals surface area contributed by atoms with E-state index in [9.17, 15) is 37.1 Å². The molecule has 2 aliphatic heterocycles. The summed E-state index contributed by atoms with van der Waals surface area (Å²) in [5.41, 5.74) is 1.04. The highest BCUT2D eigenvalue weighted by atomic mass is 35.5. The molecule has 306 valence electrons. The summed E-state index contributed by atoms with van der Waals surface area (Å²) in [4.78, 5) is 63.1. The second kappa shape index (κ2) is 14.4. The van der Waals surface area contributed by atoms with Gasteiger partial charge in [0.1, 0.15) is 28.8 Å². The van der Waals surface area contributed by atoms with Crippen LogP contribution in [-0.4, -0.2) is 65.0 Å². The fourth-order valence-electron chi connectivity index (χ4n) is 9.37. The molecule has 8 rings (SSSR count). The number of phenols is 1. The standard InChI is InChI=1S/C41H33Cl2F4N5O7/c1-50(35-28(43)14-15-31(48-35)41(45,46)47)52-36(54)25-13-12-24-26(32(25)38(52)56)18-27-37(55)51(49-22-10-8-21(44)9-11-22)39(57)40(27,19-4-6-20(42)7-5-19)34(24)33-29(58-2)16-23(53)17-30(33)59-3/h4-12,14-17,25-27,32,34,49,53H,13,18H2,1-3H3. The monoisotopic (exact) mass is 853 g/mol. The van der Waals surface area contributed by atoms with Gasteiger partial charge in [0.25, 0.3) is 23.6 Å². The van der Waals surface area contributed by atoms with Crippen molar-refractivity contribution in [3.63, 3.8) is 0 Å². The average Bonchev–Trinajstić information content (AvgIpc) is 3.58. The van der Waals surface area contributed by atoms with Gasteiger partial charge in [0, 0.05) is 35.7 Å². The van der Waals surface area contributed by atoms with Crippen LogP contribution in [0, 0.1) is 29.5 Å². The summed E-state index contributed by atoms with van der Waals surface area (Å²) in [6.07, 6.45) is -3.32. The second-order valence-corrected chi connectivity index (χ2v) is 15.5. The molecule has 12 nitrogen and oxygen atoms in total. The number of hydrogen-bond acceptors (Lipinski definition) is 10. The highest BCUT2D eigenvalue weighted by Gasteiger charge is 2.71. The van der Waals surface area contributed by atoms with Gasteiger partial charge in [-0.25, -0.2) is 9.37 Å². The van der Waals surface area contributed by atoms with Gasteiger partial charge in [-0.1, -0.05) is 47.0 Å². The molecule has 3 heterocycles. The maximum Gasteiger partial charge on any atom is 0.433 e. The van der Waals surface area contributed by atoms with Crippen molar-refractivity contribution in [1.29, 1.82) is 0 Å². The van der Waals surface area contributed by atoms with E-state index in [2.05, 4.69) is 10.4 Å². The van der Waals surface area contributed by atoms with Crippen LogP contribution >= 0.6 is 23.2 Å². The van der Waals surface area contributed by atoms with Crippen molar-refractivity contribution in [2.24, 2.45) is 23.7 Å². The molecule has 2 saturated heterocycles. The van der Waals surface area contributed by atoms with E-state index in [1.807, 2.05) is 0 Å². The SMILES string of the molecule is COc1cc(O)cc(OC)c1C1C2=CCC3C(=O)N(N(C)c4nc(C(F)(F)F)ccc4Cl)C(=O)C3C2CC2C(=O)N(Nc3ccc(F)cc3)C(=O)C21c1ccc(Cl)cc1. The quantitative estimate of drug-likeness (QED) is 0.105. The minimum atomic E-state index is -4.86. The van der Waals surface area contributed by atoms with E-state index in [1.54, 1.807) is 30.3 Å². The molecule has 18 heteroatoms. The molecule has 6 atom stereocenters. The van der Waals surface area contributed by atoms with Crippen molar-refractivity contribution in [2.75, 3.05) is 31.7 Å². The first-order chi connectivity index (χ1) is 28.0. The first-order valence-electron chi connectivity index (χ1n) is 18.2. The predicted octanol–water partition coefficient (Wildman–Crippen LogP) is 7.31. The lowest BCUT2D eigenvalue weighted by molar-refractivity contribution is -0.142. The lowest BCUT2D eigenvalue weighted by atomic mass is 9.49. The molecule has 0 bridgehead atoms. The number of ether oxygens (including phenoxy) is 2. The minimum absolute atomic E-state index is 0.0462. The number of hydrogen-bond donors (Lipinski definition) is 2. The van der Waals surface area contributed by atoms with Crippen LogP contribution in [0.15, 0.2) is 84.4 Å². The Labute approximate surface area is 343 Å². The third kappa shape index (κ3) is 6.13. The van der Waals surface area contributed by atoms with Crippen LogP contribution in [0.2, 0.25) is 10.0 Å². The Kier molecular flexibility index (Phi) is 9.78. The van der Waals surface area contributed by atoms with Crippen molar-refractivity contribution >= 4 is 58.3 Å². The topological polar surface area (TPSA) is 142 Å². The van der Waals surface area contributed by atoms with Crippen molar-refractivity contribution < 1.29 is 51.3 Å². The van der Waals surface area contributed by atoms with Crippen LogP contribution in [0.3, 0.4) is 0 Å². The van der Waals surface area contributed by atoms with Gasteiger partial charge < -0.3 is 14.6 Å². The van der Waals surface area contributed by atoms with Crippen LogP contribution in [0.5, 0.6) is 17.2 Å². The van der Waals surface area contributed by atoms with Crippen LogP contribution in [0.25, 0.3) is 0 Å². The zero-order chi connectivity index (χ0) is 42.3. The highest BCUT2D eigenvalue weighted by Crippen LogP contribution is 2.66. The van der Waals surface area contributed by atoms with E-state index in [4.69, 9.17) is 32.7 Å². The Balaban J connectivity index is 1.33. The molecular weight excluding hydrogens is 821 g/mol. The normalized spacial score (nSPS) is 25.0. The number of hydrazine groups is 2. The number of rotatable bonds is 8. The number of allylic oxidation sites excluding steroid dienone is 2. The van der Waals surface area contributed by atoms with E-state index in [0.717, 1.165) is 33.2 Å². The van der Waals surface area contributed by atoms with Gasteiger partial charge in [-0.05, 0) is 72.9 Å². The van der Waals surface area contributed by atoms with Gasteiger partial charge in [0.15, 0.2) is 5.82 Å². The van der Waals surface area contributed by atoms with Crippen molar-refractivity contribution in [1.82, 2.24) is 15.0 Å². The van der Waals surface area contributed by atoms with E-state index in [1.165, 1.54) is 45.5 Å². The highest BCUT2D eigenvalue weighted by molar-refractivity contribution is 6.33. The average molecular weight is 855 g/mol. The van der Waals surface area contributed by atoms with Crippen molar-refractivity contribution in [3.8, 4) is 17.2 Å². The molecule has 2 aliphatic carbocycles. The molecule has 6 unspecified atom stereocenters. The Bertz CT molecular complexity index is 2430. The number of amides is 4. The number of halogens is 6. The maximum absolute atomic E-state index is 15.5. The van der Waals surface area contributed by atoms with E-state index < -0.39 is 82.1 Å². The van der Waals surface area contributed by atoms with Gasteiger partial charge in [0.05, 0.1) is 48.1 Å². The number of methoxy groups -OCH3 is 2. The number of phenolic OH excluding ortho intramolecular Hbond substituents is 1. The number of benzene rings is 3. The molecule has 3 fully saturated rings. The number of nitrogens with one attached hydrogen (secondary N) is 1. The molecule has 0 radical (unpaired) electrons. The number of pyridine rings is 1. The number of alkyl halides is 3. The molecule has 59 heavy (non-hydrogen) atoms. The predicted molar refractivity (Wildman–Crippen MR) is 205 cm³/mol. The van der Waals surface area contributed by atoms with Gasteiger partial charge in [0.2, 0.25) is 0 Å². The molecule has 4 aliphatic rings. The molecule has 3 aromatic carbocycles. The molecule has 4 amide bonds. The number of nitrogens with zero attached hydrogens (tertiary/aromatic N) is 4. The lowest BCUT2D eigenvalue weighted by Crippen LogP contribution is -2.53. The summed E-state index contributed by atoms with van der Waals surface area (Å²) >= 11 is 12.7. The summed E-state index contributed by atoms with van der Waals surface area (Å²) in [5, 5.41) is 13.3. The lowest BCUT2D eigenvalue weighted by Gasteiger charge is -2.51. The van der Waals surface area contributed by atoms with Crippen molar-refractivity contribution in [3.05, 3.63) is 117 Å². The summed E-state index contributed by atoms with van der Waals surface area (Å²) < 4.78 is 66.8. The fraction of sp³-hybridized carbons (Fsp3) is 0.293. The second-order valence-electron chi connectivity index (χ2n) is 14.6. The van der Waals surface area contributed by atoms with Crippen LogP contribution in [-0.2, 0) is 30.8 Å². The number of aromatic hydroxyl groups is 1. The third-order valence-electron chi connectivity index (χ3n) is 11.8. The number of imide groups is 2. The number of fused-ring (bicyclic) bond motifs is 4.